The Labute approximate surface area is 154 Å². The van der Waals surface area contributed by atoms with E-state index < -0.39 is 0 Å². The van der Waals surface area contributed by atoms with Crippen LogP contribution in [0.5, 0.6) is 0 Å². The Morgan fingerprint density at radius 1 is 1.40 bits per heavy atom. The van der Waals surface area contributed by atoms with E-state index in [1.54, 1.807) is 6.20 Å². The first-order valence-corrected chi connectivity index (χ1v) is 9.34. The molecule has 1 aromatic heterocycles. The van der Waals surface area contributed by atoms with E-state index in [2.05, 4.69) is 29.0 Å². The van der Waals surface area contributed by atoms with Crippen LogP contribution in [0.1, 0.15) is 37.0 Å². The highest BCUT2D eigenvalue weighted by atomic mass is 32.1. The topological polar surface area (TPSA) is 53.1 Å². The monoisotopic (exact) mass is 358 g/mol. The van der Waals surface area contributed by atoms with E-state index in [4.69, 9.17) is 12.2 Å². The van der Waals surface area contributed by atoms with Crippen molar-refractivity contribution in [3.8, 4) is 5.69 Å². The van der Waals surface area contributed by atoms with Crippen molar-refractivity contribution in [2.75, 3.05) is 19.6 Å². The standard InChI is InChI=1S/C19H26N4OS/c1-14-4-3-10-22(13-14)15(2)12-21-18(24)16-5-7-17(8-6-16)23-11-9-20-19(23)25/h5-9,11,14-15H,3-4,10,12-13H2,1-2H3,(H,20,25)(H,21,24). The van der Waals surface area contributed by atoms with Crippen molar-refractivity contribution in [2.45, 2.75) is 32.7 Å². The van der Waals surface area contributed by atoms with Gasteiger partial charge in [-0.2, -0.15) is 0 Å². The molecular weight excluding hydrogens is 332 g/mol. The summed E-state index contributed by atoms with van der Waals surface area (Å²) in [6, 6.07) is 7.87. The molecule has 1 aromatic carbocycles. The molecule has 1 aliphatic heterocycles. The lowest BCUT2D eigenvalue weighted by molar-refractivity contribution is 0.0917. The van der Waals surface area contributed by atoms with Crippen molar-refractivity contribution in [1.29, 1.82) is 0 Å². The van der Waals surface area contributed by atoms with Crippen LogP contribution < -0.4 is 5.32 Å². The van der Waals surface area contributed by atoms with Crippen molar-refractivity contribution in [1.82, 2.24) is 19.8 Å². The first-order valence-electron chi connectivity index (χ1n) is 8.93. The van der Waals surface area contributed by atoms with Crippen molar-refractivity contribution in [3.05, 3.63) is 47.0 Å². The summed E-state index contributed by atoms with van der Waals surface area (Å²) in [5.74, 6) is 0.723. The van der Waals surface area contributed by atoms with Crippen molar-refractivity contribution in [3.63, 3.8) is 0 Å². The maximum atomic E-state index is 12.4. The summed E-state index contributed by atoms with van der Waals surface area (Å²) in [6.45, 7) is 7.43. The van der Waals surface area contributed by atoms with E-state index in [1.807, 2.05) is 35.0 Å². The SMILES string of the molecule is CC1CCCN(C(C)CNC(=O)c2ccc(-n3cc[nH]c3=S)cc2)C1. The van der Waals surface area contributed by atoms with Gasteiger partial charge >= 0.3 is 0 Å². The molecule has 6 heteroatoms. The molecule has 25 heavy (non-hydrogen) atoms. The summed E-state index contributed by atoms with van der Waals surface area (Å²) >= 11 is 5.22. The summed E-state index contributed by atoms with van der Waals surface area (Å²) in [5, 5.41) is 3.06. The molecule has 5 nitrogen and oxygen atoms in total. The molecule has 2 atom stereocenters. The van der Waals surface area contributed by atoms with Crippen molar-refractivity contribution < 1.29 is 4.79 Å². The molecule has 0 saturated carbocycles. The van der Waals surface area contributed by atoms with Gasteiger partial charge < -0.3 is 10.3 Å². The lowest BCUT2D eigenvalue weighted by atomic mass is 9.99. The summed E-state index contributed by atoms with van der Waals surface area (Å²) in [6.07, 6.45) is 6.24. The molecule has 2 aromatic rings. The molecule has 1 amide bonds. The second kappa shape index (κ2) is 7.97. The molecule has 0 bridgehead atoms. The third-order valence-corrected chi connectivity index (χ3v) is 5.24. The molecular formula is C19H26N4OS. The van der Waals surface area contributed by atoms with Crippen LogP contribution in [0, 0.1) is 10.7 Å². The van der Waals surface area contributed by atoms with Gasteiger partial charge in [-0.25, -0.2) is 0 Å². The van der Waals surface area contributed by atoms with E-state index >= 15 is 0 Å². The number of carbonyl (C=O) groups is 1. The van der Waals surface area contributed by atoms with Crippen LogP contribution in [0.25, 0.3) is 5.69 Å². The summed E-state index contributed by atoms with van der Waals surface area (Å²) in [5.41, 5.74) is 1.61. The minimum Gasteiger partial charge on any atom is -0.350 e. The molecule has 1 fully saturated rings. The average molecular weight is 359 g/mol. The van der Waals surface area contributed by atoms with Crippen LogP contribution in [0.15, 0.2) is 36.7 Å². The molecule has 2 unspecified atom stereocenters. The molecule has 2 heterocycles. The first kappa shape index (κ1) is 17.9. The largest absolute Gasteiger partial charge is 0.350 e. The molecule has 0 spiro atoms. The van der Waals surface area contributed by atoms with Gasteiger partial charge in [-0.1, -0.05) is 6.92 Å². The van der Waals surface area contributed by atoms with Crippen molar-refractivity contribution >= 4 is 18.1 Å². The molecule has 0 aliphatic carbocycles. The van der Waals surface area contributed by atoms with Crippen LogP contribution >= 0.6 is 12.2 Å². The number of rotatable bonds is 5. The number of hydrogen-bond acceptors (Lipinski definition) is 3. The fraction of sp³-hybridized carbons (Fsp3) is 0.474. The quantitative estimate of drug-likeness (QED) is 0.806. The Hall–Kier alpha value is -1.92. The van der Waals surface area contributed by atoms with Gasteiger partial charge in [-0.05, 0) is 68.7 Å². The number of aromatic nitrogens is 2. The average Bonchev–Trinajstić information content (AvgIpc) is 3.05. The van der Waals surface area contributed by atoms with Gasteiger partial charge in [0.25, 0.3) is 5.91 Å². The number of likely N-dealkylation sites (tertiary alicyclic amines) is 1. The smallest absolute Gasteiger partial charge is 0.251 e. The van der Waals surface area contributed by atoms with E-state index in [9.17, 15) is 4.79 Å². The van der Waals surface area contributed by atoms with E-state index in [0.717, 1.165) is 24.7 Å². The molecule has 134 valence electrons. The Morgan fingerprint density at radius 2 is 2.16 bits per heavy atom. The minimum absolute atomic E-state index is 0.0267. The summed E-state index contributed by atoms with van der Waals surface area (Å²) < 4.78 is 2.51. The van der Waals surface area contributed by atoms with Gasteiger partial charge in [0.05, 0.1) is 0 Å². The molecule has 3 rings (SSSR count). The third kappa shape index (κ3) is 4.38. The van der Waals surface area contributed by atoms with Crippen LogP contribution in [0.4, 0.5) is 0 Å². The maximum absolute atomic E-state index is 12.4. The second-order valence-corrected chi connectivity index (χ2v) is 7.37. The first-order chi connectivity index (χ1) is 12.0. The zero-order chi connectivity index (χ0) is 17.8. The Bertz CT molecular complexity index is 764. The number of amides is 1. The molecule has 2 N–H and O–H groups in total. The third-order valence-electron chi connectivity index (χ3n) is 4.93. The number of carbonyl (C=O) groups excluding carboxylic acids is 1. The summed E-state index contributed by atoms with van der Waals surface area (Å²) in [7, 11) is 0. The summed E-state index contributed by atoms with van der Waals surface area (Å²) in [4.78, 5) is 17.8. The molecule has 1 aliphatic rings. The number of H-pyrrole nitrogens is 1. The zero-order valence-electron chi connectivity index (χ0n) is 14.9. The van der Waals surface area contributed by atoms with Crippen molar-refractivity contribution in [2.24, 2.45) is 5.92 Å². The van der Waals surface area contributed by atoms with Gasteiger partial charge in [0.2, 0.25) is 0 Å². The number of piperidine rings is 1. The number of hydrogen-bond donors (Lipinski definition) is 2. The normalized spacial score (nSPS) is 19.5. The van der Waals surface area contributed by atoms with Crippen LogP contribution in [0.3, 0.4) is 0 Å². The predicted octanol–water partition coefficient (Wildman–Crippen LogP) is 3.39. The van der Waals surface area contributed by atoms with Crippen LogP contribution in [-0.2, 0) is 0 Å². The number of nitrogens with zero attached hydrogens (tertiary/aromatic N) is 2. The zero-order valence-corrected chi connectivity index (χ0v) is 15.7. The highest BCUT2D eigenvalue weighted by molar-refractivity contribution is 7.71. The predicted molar refractivity (Wildman–Crippen MR) is 103 cm³/mol. The van der Waals surface area contributed by atoms with Gasteiger partial charge in [0, 0.05) is 42.8 Å². The number of benzene rings is 1. The lowest BCUT2D eigenvalue weighted by Gasteiger charge is -2.35. The fourth-order valence-corrected chi connectivity index (χ4v) is 3.63. The van der Waals surface area contributed by atoms with Gasteiger partial charge in [-0.3, -0.25) is 14.3 Å². The Kier molecular flexibility index (Phi) is 5.71. The van der Waals surface area contributed by atoms with E-state index in [1.165, 1.54) is 12.8 Å². The highest BCUT2D eigenvalue weighted by Crippen LogP contribution is 2.17. The Morgan fingerprint density at radius 3 is 2.80 bits per heavy atom. The number of aromatic amines is 1. The number of imidazole rings is 1. The van der Waals surface area contributed by atoms with Crippen LogP contribution in [-0.4, -0.2) is 46.0 Å². The van der Waals surface area contributed by atoms with Gasteiger partial charge in [-0.15, -0.1) is 0 Å². The van der Waals surface area contributed by atoms with E-state index in [0.29, 0.717) is 22.9 Å². The minimum atomic E-state index is -0.0267. The Balaban J connectivity index is 1.56. The second-order valence-electron chi connectivity index (χ2n) is 6.98. The fourth-order valence-electron chi connectivity index (χ4n) is 3.39. The highest BCUT2D eigenvalue weighted by Gasteiger charge is 2.21. The number of nitrogens with one attached hydrogen (secondary N) is 2. The van der Waals surface area contributed by atoms with Gasteiger partial charge in [0.1, 0.15) is 0 Å². The molecule has 0 radical (unpaired) electrons. The van der Waals surface area contributed by atoms with E-state index in [-0.39, 0.29) is 5.91 Å². The lowest BCUT2D eigenvalue weighted by Crippen LogP contribution is -2.46. The van der Waals surface area contributed by atoms with Crippen LogP contribution in [0.2, 0.25) is 0 Å². The molecule has 1 saturated heterocycles. The van der Waals surface area contributed by atoms with Gasteiger partial charge in [0.15, 0.2) is 4.77 Å². The maximum Gasteiger partial charge on any atom is 0.251 e.